The van der Waals surface area contributed by atoms with Gasteiger partial charge in [0, 0.05) is 59.2 Å². The van der Waals surface area contributed by atoms with Gasteiger partial charge in [0.05, 0.1) is 31.4 Å². The van der Waals surface area contributed by atoms with Crippen molar-refractivity contribution in [3.63, 3.8) is 0 Å². The van der Waals surface area contributed by atoms with Crippen LogP contribution in [-0.2, 0) is 20.9 Å². The predicted octanol–water partition coefficient (Wildman–Crippen LogP) is 2.56. The number of allylic oxidation sites excluding steroid dienone is 2. The molecule has 0 bridgehead atoms. The number of benzene rings is 2. The van der Waals surface area contributed by atoms with Crippen LogP contribution >= 0.6 is 11.3 Å². The first-order chi connectivity index (χ1) is 20.3. The Bertz CT molecular complexity index is 1900. The highest BCUT2D eigenvalue weighted by Gasteiger charge is 2.32. The lowest BCUT2D eigenvalue weighted by Gasteiger charge is -2.26. The Labute approximate surface area is 246 Å². The van der Waals surface area contributed by atoms with E-state index in [1.54, 1.807) is 45.0 Å². The fourth-order valence-electron chi connectivity index (χ4n) is 5.27. The molecule has 4 aromatic rings. The summed E-state index contributed by atoms with van der Waals surface area (Å²) in [7, 11) is 4.69. The lowest BCUT2D eigenvalue weighted by molar-refractivity contribution is -0.121. The van der Waals surface area contributed by atoms with Crippen molar-refractivity contribution in [1.29, 1.82) is 0 Å². The first kappa shape index (κ1) is 29.0. The van der Waals surface area contributed by atoms with E-state index in [1.807, 2.05) is 47.2 Å². The van der Waals surface area contributed by atoms with E-state index in [4.69, 9.17) is 14.2 Å². The molecule has 2 aromatic carbocycles. The minimum Gasteiger partial charge on any atom is -0.497 e. The quantitative estimate of drug-likeness (QED) is 0.285. The highest BCUT2D eigenvalue weighted by molar-refractivity contribution is 7.07. The Hall–Kier alpha value is -4.48. The summed E-state index contributed by atoms with van der Waals surface area (Å²) >= 11 is 1.25. The summed E-state index contributed by atoms with van der Waals surface area (Å²) in [4.78, 5) is 44.7. The van der Waals surface area contributed by atoms with Gasteiger partial charge < -0.3 is 24.1 Å². The Kier molecular flexibility index (Phi) is 8.41. The first-order valence-electron chi connectivity index (χ1n) is 13.4. The fraction of sp³-hybridized carbons (Fsp3) is 0.290. The SMILES string of the molecule is COCCNC(=O)Cn1cc(/C=c2\sc3n(c2=O)C(c2ccc(OC)cc2OC)C(C(C)=O)=C(C)N=3)c2ccccc21. The van der Waals surface area contributed by atoms with Gasteiger partial charge >= 0.3 is 0 Å². The van der Waals surface area contributed by atoms with E-state index in [2.05, 4.69) is 10.3 Å². The van der Waals surface area contributed by atoms with Crippen LogP contribution in [-0.4, -0.2) is 55.3 Å². The normalized spacial score (nSPS) is 15.0. The molecule has 0 radical (unpaired) electrons. The second kappa shape index (κ2) is 12.2. The summed E-state index contributed by atoms with van der Waals surface area (Å²) in [5.41, 5.74) is 3.02. The monoisotopic (exact) mass is 588 g/mol. The largest absolute Gasteiger partial charge is 0.497 e. The van der Waals surface area contributed by atoms with E-state index in [0.717, 1.165) is 16.5 Å². The number of ether oxygens (including phenoxy) is 3. The number of amides is 1. The van der Waals surface area contributed by atoms with Gasteiger partial charge in [-0.25, -0.2) is 4.99 Å². The van der Waals surface area contributed by atoms with Crippen LogP contribution in [0.1, 0.15) is 31.0 Å². The van der Waals surface area contributed by atoms with Crippen LogP contribution in [0.15, 0.2) is 69.7 Å². The third-order valence-electron chi connectivity index (χ3n) is 7.18. The fourth-order valence-corrected chi connectivity index (χ4v) is 6.31. The molecule has 0 fully saturated rings. The number of methoxy groups -OCH3 is 3. The molecular formula is C31H32N4O6S. The number of thiazole rings is 1. The zero-order valence-corrected chi connectivity index (χ0v) is 24.9. The number of carbonyl (C=O) groups excluding carboxylic acids is 2. The van der Waals surface area contributed by atoms with Crippen LogP contribution in [0.2, 0.25) is 0 Å². The number of nitrogens with one attached hydrogen (secondary N) is 1. The highest BCUT2D eigenvalue weighted by Crippen LogP contribution is 2.37. The van der Waals surface area contributed by atoms with Crippen LogP contribution in [0.3, 0.4) is 0 Å². The minimum atomic E-state index is -0.723. The van der Waals surface area contributed by atoms with Gasteiger partial charge in [0.1, 0.15) is 18.0 Å². The lowest BCUT2D eigenvalue weighted by Crippen LogP contribution is -2.39. The van der Waals surface area contributed by atoms with Crippen molar-refractivity contribution in [2.75, 3.05) is 34.5 Å². The zero-order chi connectivity index (χ0) is 30.0. The molecule has 218 valence electrons. The van der Waals surface area contributed by atoms with Crippen LogP contribution < -0.4 is 29.7 Å². The maximum Gasteiger partial charge on any atom is 0.271 e. The van der Waals surface area contributed by atoms with E-state index in [0.29, 0.717) is 50.8 Å². The maximum atomic E-state index is 14.1. The number of hydrogen-bond acceptors (Lipinski definition) is 8. The van der Waals surface area contributed by atoms with Crippen LogP contribution in [0.5, 0.6) is 11.5 Å². The molecule has 2 aromatic heterocycles. The summed E-state index contributed by atoms with van der Waals surface area (Å²) in [5.74, 6) is 0.769. The molecule has 1 unspecified atom stereocenters. The molecule has 1 aliphatic rings. The molecule has 1 atom stereocenters. The van der Waals surface area contributed by atoms with Gasteiger partial charge in [-0.3, -0.25) is 19.0 Å². The number of nitrogens with zero attached hydrogens (tertiary/aromatic N) is 3. The van der Waals surface area contributed by atoms with Gasteiger partial charge in [-0.05, 0) is 38.1 Å². The molecule has 42 heavy (non-hydrogen) atoms. The summed E-state index contributed by atoms with van der Waals surface area (Å²) in [6.45, 7) is 4.23. The second-order valence-corrected chi connectivity index (χ2v) is 10.8. The number of Topliss-reactive ketones (excluding diaryl/α,β-unsaturated/α-hetero) is 1. The number of aromatic nitrogens is 2. The van der Waals surface area contributed by atoms with E-state index < -0.39 is 6.04 Å². The molecule has 0 aliphatic carbocycles. The molecule has 1 aliphatic heterocycles. The van der Waals surface area contributed by atoms with Crippen molar-refractivity contribution in [1.82, 2.24) is 14.5 Å². The predicted molar refractivity (Wildman–Crippen MR) is 161 cm³/mol. The molecule has 1 N–H and O–H groups in total. The third kappa shape index (κ3) is 5.40. The first-order valence-corrected chi connectivity index (χ1v) is 14.2. The van der Waals surface area contributed by atoms with Crippen LogP contribution in [0.25, 0.3) is 17.0 Å². The molecule has 1 amide bonds. The van der Waals surface area contributed by atoms with Crippen LogP contribution in [0.4, 0.5) is 0 Å². The Morgan fingerprint density at radius 3 is 2.62 bits per heavy atom. The average molecular weight is 589 g/mol. The van der Waals surface area contributed by atoms with E-state index in [1.165, 1.54) is 18.3 Å². The van der Waals surface area contributed by atoms with E-state index in [-0.39, 0.29) is 23.8 Å². The summed E-state index contributed by atoms with van der Waals surface area (Å²) < 4.78 is 19.9. The molecule has 3 heterocycles. The lowest BCUT2D eigenvalue weighted by atomic mass is 9.92. The minimum absolute atomic E-state index is 0.123. The summed E-state index contributed by atoms with van der Waals surface area (Å²) in [6.07, 6.45) is 3.69. The smallest absolute Gasteiger partial charge is 0.271 e. The highest BCUT2D eigenvalue weighted by atomic mass is 32.1. The number of rotatable bonds is 10. The molecule has 0 saturated carbocycles. The second-order valence-electron chi connectivity index (χ2n) is 9.82. The number of carbonyl (C=O) groups is 2. The molecular weight excluding hydrogens is 556 g/mol. The van der Waals surface area contributed by atoms with Gasteiger partial charge in [-0.2, -0.15) is 0 Å². The van der Waals surface area contributed by atoms with E-state index in [9.17, 15) is 14.4 Å². The molecule has 0 saturated heterocycles. The molecule has 10 nitrogen and oxygen atoms in total. The van der Waals surface area contributed by atoms with Crippen molar-refractivity contribution < 1.29 is 23.8 Å². The number of para-hydroxylation sites is 1. The Morgan fingerprint density at radius 1 is 1.12 bits per heavy atom. The van der Waals surface area contributed by atoms with Crippen LogP contribution in [0, 0.1) is 0 Å². The molecule has 11 heteroatoms. The van der Waals surface area contributed by atoms with Crippen molar-refractivity contribution in [3.05, 3.63) is 90.7 Å². The van der Waals surface area contributed by atoms with E-state index >= 15 is 0 Å². The third-order valence-corrected chi connectivity index (χ3v) is 8.17. The van der Waals surface area contributed by atoms with Gasteiger partial charge in [-0.15, -0.1) is 0 Å². The maximum absolute atomic E-state index is 14.1. The Morgan fingerprint density at radius 2 is 1.90 bits per heavy atom. The van der Waals surface area contributed by atoms with Crippen molar-refractivity contribution in [2.24, 2.45) is 4.99 Å². The average Bonchev–Trinajstić information content (AvgIpc) is 3.48. The molecule has 0 spiro atoms. The van der Waals surface area contributed by atoms with Gasteiger partial charge in [-0.1, -0.05) is 29.5 Å². The van der Waals surface area contributed by atoms with Crippen molar-refractivity contribution in [3.8, 4) is 11.5 Å². The molecule has 5 rings (SSSR count). The summed E-state index contributed by atoms with van der Waals surface area (Å²) in [6, 6.07) is 12.3. The standard InChI is InChI=1S/C31H32N4O6S/c1-18-28(19(2)36)29(23-11-10-21(40-4)15-25(23)41-5)35-30(38)26(42-31(35)33-18)14-20-16-34(17-27(37)32-12-13-39-3)24-9-7-6-8-22(20)24/h6-11,14-16,29H,12-13,17H2,1-5H3,(H,32,37)/b26-14-. The number of hydrogen-bond donors (Lipinski definition) is 1. The number of ketones is 1. The topological polar surface area (TPSA) is 113 Å². The van der Waals surface area contributed by atoms with Gasteiger partial charge in [0.25, 0.3) is 5.56 Å². The van der Waals surface area contributed by atoms with Gasteiger partial charge in [0.2, 0.25) is 5.91 Å². The Balaban J connectivity index is 1.65. The van der Waals surface area contributed by atoms with Gasteiger partial charge in [0.15, 0.2) is 10.6 Å². The summed E-state index contributed by atoms with van der Waals surface area (Å²) in [5, 5.41) is 3.75. The van der Waals surface area contributed by atoms with Crippen molar-refractivity contribution in [2.45, 2.75) is 26.4 Å². The van der Waals surface area contributed by atoms with Crippen molar-refractivity contribution >= 4 is 40.0 Å². The zero-order valence-electron chi connectivity index (χ0n) is 24.1. The number of fused-ring (bicyclic) bond motifs is 2.